The summed E-state index contributed by atoms with van der Waals surface area (Å²) < 4.78 is 25.1. The highest BCUT2D eigenvalue weighted by Crippen LogP contribution is 2.21. The molecule has 0 fully saturated rings. The van der Waals surface area contributed by atoms with Gasteiger partial charge in [0.25, 0.3) is 5.56 Å². The summed E-state index contributed by atoms with van der Waals surface area (Å²) in [6.07, 6.45) is 1.12. The van der Waals surface area contributed by atoms with E-state index in [1.165, 1.54) is 30.8 Å². The molecule has 1 aromatic carbocycles. The molecule has 2 rings (SSSR count). The molecule has 0 saturated carbocycles. The molecule has 0 aliphatic carbocycles. The third-order valence-corrected chi connectivity index (χ3v) is 5.07. The number of sulfone groups is 1. The summed E-state index contributed by atoms with van der Waals surface area (Å²) in [4.78, 5) is 24.3. The van der Waals surface area contributed by atoms with Crippen molar-refractivity contribution in [3.05, 3.63) is 56.2 Å². The number of nitrogens with one attached hydrogen (secondary N) is 1. The molecule has 0 spiro atoms. The number of rotatable bonds is 4. The van der Waals surface area contributed by atoms with Crippen LogP contribution in [0.3, 0.4) is 0 Å². The molecule has 1 heterocycles. The molecule has 8 nitrogen and oxygen atoms in total. The van der Waals surface area contributed by atoms with E-state index >= 15 is 0 Å². The highest BCUT2D eigenvalue weighted by atomic mass is 32.2. The molecule has 0 saturated heterocycles. The van der Waals surface area contributed by atoms with E-state index in [1.807, 2.05) is 6.07 Å². The summed E-state index contributed by atoms with van der Waals surface area (Å²) in [6.45, 7) is 1.78. The molecule has 2 aromatic rings. The normalized spacial score (nSPS) is 12.4. The standard InChI is InChI=1S/C16H18N4O4S/c1-10(11-5-7-12(8-6-11)25(4,23)24)18-14-13(9-17)15(21)20(3)16(22)19(14)2/h5-8,10,18H,1-4H3. The smallest absolute Gasteiger partial charge is 0.332 e. The largest absolute Gasteiger partial charge is 0.364 e. The zero-order valence-electron chi connectivity index (χ0n) is 14.3. The van der Waals surface area contributed by atoms with Gasteiger partial charge < -0.3 is 5.32 Å². The van der Waals surface area contributed by atoms with Crippen LogP contribution in [-0.4, -0.2) is 23.8 Å². The average Bonchev–Trinajstić information content (AvgIpc) is 2.57. The van der Waals surface area contributed by atoms with Crippen LogP contribution < -0.4 is 16.6 Å². The number of nitrogens with zero attached hydrogens (tertiary/aromatic N) is 3. The number of aromatic nitrogens is 2. The summed E-state index contributed by atoms with van der Waals surface area (Å²) in [5.41, 5.74) is -0.646. The maximum Gasteiger partial charge on any atom is 0.332 e. The fourth-order valence-corrected chi connectivity index (χ4v) is 3.04. The predicted molar refractivity (Wildman–Crippen MR) is 93.2 cm³/mol. The van der Waals surface area contributed by atoms with Gasteiger partial charge in [-0.15, -0.1) is 0 Å². The topological polar surface area (TPSA) is 114 Å². The molecule has 0 radical (unpaired) electrons. The van der Waals surface area contributed by atoms with Crippen LogP contribution in [0.5, 0.6) is 0 Å². The van der Waals surface area contributed by atoms with Crippen LogP contribution in [0.25, 0.3) is 0 Å². The summed E-state index contributed by atoms with van der Waals surface area (Å²) >= 11 is 0. The van der Waals surface area contributed by atoms with Crippen LogP contribution >= 0.6 is 0 Å². The van der Waals surface area contributed by atoms with E-state index in [0.29, 0.717) is 0 Å². The molecule has 0 bridgehead atoms. The van der Waals surface area contributed by atoms with Gasteiger partial charge in [-0.05, 0) is 24.6 Å². The second kappa shape index (κ2) is 6.57. The van der Waals surface area contributed by atoms with Gasteiger partial charge in [0.1, 0.15) is 11.9 Å². The Morgan fingerprint density at radius 3 is 2.16 bits per heavy atom. The lowest BCUT2D eigenvalue weighted by Crippen LogP contribution is -2.40. The Kier molecular flexibility index (Phi) is 4.85. The fourth-order valence-electron chi connectivity index (χ4n) is 2.41. The van der Waals surface area contributed by atoms with Crippen molar-refractivity contribution < 1.29 is 8.42 Å². The van der Waals surface area contributed by atoms with E-state index in [0.717, 1.165) is 16.4 Å². The quantitative estimate of drug-likeness (QED) is 0.849. The minimum atomic E-state index is -3.29. The van der Waals surface area contributed by atoms with E-state index in [9.17, 15) is 23.3 Å². The van der Waals surface area contributed by atoms with Crippen molar-refractivity contribution in [3.8, 4) is 6.07 Å². The summed E-state index contributed by atoms with van der Waals surface area (Å²) in [7, 11) is -0.520. The lowest BCUT2D eigenvalue weighted by atomic mass is 10.1. The van der Waals surface area contributed by atoms with E-state index in [4.69, 9.17) is 0 Å². The molecule has 25 heavy (non-hydrogen) atoms. The van der Waals surface area contributed by atoms with Gasteiger partial charge in [0.15, 0.2) is 15.4 Å². The lowest BCUT2D eigenvalue weighted by molar-refractivity contribution is 0.602. The molecule has 132 valence electrons. The highest BCUT2D eigenvalue weighted by molar-refractivity contribution is 7.90. The lowest BCUT2D eigenvalue weighted by Gasteiger charge is -2.19. The van der Waals surface area contributed by atoms with Crippen LogP contribution in [0.1, 0.15) is 24.1 Å². The summed E-state index contributed by atoms with van der Waals surface area (Å²) in [5, 5.41) is 12.3. The Balaban J connectivity index is 2.45. The van der Waals surface area contributed by atoms with Gasteiger partial charge in [0, 0.05) is 26.4 Å². The molecule has 1 atom stereocenters. The SMILES string of the molecule is CC(Nc1c(C#N)c(=O)n(C)c(=O)n1C)c1ccc(S(C)(=O)=O)cc1. The Hall–Kier alpha value is -2.86. The van der Waals surface area contributed by atoms with Crippen molar-refractivity contribution >= 4 is 15.7 Å². The number of anilines is 1. The zero-order valence-corrected chi connectivity index (χ0v) is 15.1. The molecule has 1 N–H and O–H groups in total. The summed E-state index contributed by atoms with van der Waals surface area (Å²) in [6, 6.07) is 7.70. The van der Waals surface area contributed by atoms with E-state index in [2.05, 4.69) is 5.32 Å². The minimum Gasteiger partial charge on any atom is -0.364 e. The van der Waals surface area contributed by atoms with Gasteiger partial charge in [0.05, 0.1) is 4.90 Å². The second-order valence-corrected chi connectivity index (χ2v) is 7.76. The maximum atomic E-state index is 12.1. The zero-order chi connectivity index (χ0) is 18.9. The maximum absolute atomic E-state index is 12.1. The highest BCUT2D eigenvalue weighted by Gasteiger charge is 2.18. The van der Waals surface area contributed by atoms with Gasteiger partial charge in [0.2, 0.25) is 0 Å². The average molecular weight is 362 g/mol. The molecular weight excluding hydrogens is 344 g/mol. The minimum absolute atomic E-state index is 0.121. The molecule has 1 unspecified atom stereocenters. The van der Waals surface area contributed by atoms with Gasteiger partial charge in [-0.1, -0.05) is 12.1 Å². The molecular formula is C16H18N4O4S. The van der Waals surface area contributed by atoms with Crippen molar-refractivity contribution in [1.82, 2.24) is 9.13 Å². The molecule has 9 heteroatoms. The number of benzene rings is 1. The Morgan fingerprint density at radius 1 is 1.12 bits per heavy atom. The number of nitriles is 1. The first kappa shape index (κ1) is 18.5. The molecule has 1 aromatic heterocycles. The molecule has 0 aliphatic rings. The van der Waals surface area contributed by atoms with Crippen LogP contribution in [0.2, 0.25) is 0 Å². The Labute approximate surface area is 144 Å². The van der Waals surface area contributed by atoms with Gasteiger partial charge >= 0.3 is 5.69 Å². The second-order valence-electron chi connectivity index (χ2n) is 5.75. The first-order chi connectivity index (χ1) is 11.6. The first-order valence-electron chi connectivity index (χ1n) is 7.34. The van der Waals surface area contributed by atoms with Crippen molar-refractivity contribution in [2.75, 3.05) is 11.6 Å². The van der Waals surface area contributed by atoms with E-state index in [-0.39, 0.29) is 22.3 Å². The van der Waals surface area contributed by atoms with Gasteiger partial charge in [-0.3, -0.25) is 13.9 Å². The third kappa shape index (κ3) is 3.49. The van der Waals surface area contributed by atoms with Crippen molar-refractivity contribution in [2.45, 2.75) is 17.9 Å². The van der Waals surface area contributed by atoms with Crippen molar-refractivity contribution in [3.63, 3.8) is 0 Å². The van der Waals surface area contributed by atoms with E-state index < -0.39 is 21.1 Å². The van der Waals surface area contributed by atoms with Crippen LogP contribution in [0, 0.1) is 11.3 Å². The van der Waals surface area contributed by atoms with Crippen molar-refractivity contribution in [2.24, 2.45) is 14.1 Å². The van der Waals surface area contributed by atoms with Crippen LogP contribution in [-0.2, 0) is 23.9 Å². The number of hydrogen-bond acceptors (Lipinski definition) is 6. The molecule has 0 aliphatic heterocycles. The van der Waals surface area contributed by atoms with Crippen LogP contribution in [0.15, 0.2) is 38.8 Å². The van der Waals surface area contributed by atoms with Gasteiger partial charge in [-0.2, -0.15) is 5.26 Å². The van der Waals surface area contributed by atoms with Crippen LogP contribution in [0.4, 0.5) is 5.82 Å². The summed E-state index contributed by atoms with van der Waals surface area (Å²) in [5.74, 6) is 0.121. The molecule has 0 amide bonds. The predicted octanol–water partition coefficient (Wildman–Crippen LogP) is 0.532. The monoisotopic (exact) mass is 362 g/mol. The number of hydrogen-bond donors (Lipinski definition) is 1. The van der Waals surface area contributed by atoms with Gasteiger partial charge in [-0.25, -0.2) is 13.2 Å². The Bertz CT molecular complexity index is 1070. The van der Waals surface area contributed by atoms with E-state index in [1.54, 1.807) is 19.1 Å². The third-order valence-electron chi connectivity index (χ3n) is 3.94. The first-order valence-corrected chi connectivity index (χ1v) is 9.23. The Morgan fingerprint density at radius 2 is 1.68 bits per heavy atom. The van der Waals surface area contributed by atoms with Crippen molar-refractivity contribution in [1.29, 1.82) is 5.26 Å². The fraction of sp³-hybridized carbons (Fsp3) is 0.312.